The van der Waals surface area contributed by atoms with Crippen LogP contribution in [0.3, 0.4) is 0 Å². The van der Waals surface area contributed by atoms with E-state index in [0.29, 0.717) is 12.5 Å². The number of hydrogen-bond donors (Lipinski definition) is 1. The van der Waals surface area contributed by atoms with E-state index in [0.717, 1.165) is 11.1 Å². The van der Waals surface area contributed by atoms with Gasteiger partial charge in [-0.2, -0.15) is 13.2 Å². The summed E-state index contributed by atoms with van der Waals surface area (Å²) in [6, 6.07) is 2.62. The maximum absolute atomic E-state index is 13.0. The lowest BCUT2D eigenvalue weighted by Crippen LogP contribution is -2.22. The van der Waals surface area contributed by atoms with E-state index in [4.69, 9.17) is 0 Å². The van der Waals surface area contributed by atoms with E-state index in [1.807, 2.05) is 12.3 Å². The van der Waals surface area contributed by atoms with Crippen molar-refractivity contribution in [2.45, 2.75) is 32.1 Å². The molecule has 1 aromatic heterocycles. The summed E-state index contributed by atoms with van der Waals surface area (Å²) in [4.78, 5) is 4.16. The van der Waals surface area contributed by atoms with E-state index in [1.165, 1.54) is 17.4 Å². The van der Waals surface area contributed by atoms with Gasteiger partial charge in [0.25, 0.3) is 0 Å². The Balaban J connectivity index is 2.16. The van der Waals surface area contributed by atoms with Crippen LogP contribution in [0, 0.1) is 5.82 Å². The summed E-state index contributed by atoms with van der Waals surface area (Å²) in [5.41, 5.74) is -0.914. The fraction of sp³-hybridized carbons (Fsp3) is 0.357. The molecule has 0 radical (unpaired) electrons. The molecule has 0 saturated carbocycles. The molecule has 0 fully saturated rings. The van der Waals surface area contributed by atoms with Crippen LogP contribution in [-0.2, 0) is 12.7 Å². The number of nitrogens with zero attached hydrogens (tertiary/aromatic N) is 1. The lowest BCUT2D eigenvalue weighted by molar-refractivity contribution is -0.138. The zero-order chi connectivity index (χ0) is 15.5. The summed E-state index contributed by atoms with van der Waals surface area (Å²) in [6.07, 6.45) is -2.21. The number of aromatic nitrogens is 1. The number of benzene rings is 1. The minimum absolute atomic E-state index is 0.00715. The third-order valence-electron chi connectivity index (χ3n) is 3.07. The van der Waals surface area contributed by atoms with Crippen LogP contribution in [0.5, 0.6) is 0 Å². The smallest absolute Gasteiger partial charge is 0.304 e. The topological polar surface area (TPSA) is 24.9 Å². The highest BCUT2D eigenvalue weighted by atomic mass is 32.1. The first-order valence-corrected chi connectivity index (χ1v) is 7.28. The lowest BCUT2D eigenvalue weighted by Gasteiger charge is -2.17. The second-order valence-electron chi connectivity index (χ2n) is 4.51. The van der Waals surface area contributed by atoms with Gasteiger partial charge in [-0.05, 0) is 24.1 Å². The predicted molar refractivity (Wildman–Crippen MR) is 73.4 cm³/mol. The number of rotatable bonds is 5. The average Bonchev–Trinajstić information content (AvgIpc) is 2.94. The highest BCUT2D eigenvalue weighted by Crippen LogP contribution is 2.33. The standard InChI is InChI=1S/C14H14F4N2S/c1-2-12(13-19-5-6-21-13)20-8-9-3-4-10(15)7-11(9)14(16,17)18/h3-7,12,20H,2,8H2,1H3. The Kier molecular flexibility index (Phi) is 4.95. The van der Waals surface area contributed by atoms with Crippen LogP contribution in [0.4, 0.5) is 17.6 Å². The molecule has 2 nitrogen and oxygen atoms in total. The van der Waals surface area contributed by atoms with Gasteiger partial charge in [0, 0.05) is 18.1 Å². The van der Waals surface area contributed by atoms with Gasteiger partial charge >= 0.3 is 6.18 Å². The van der Waals surface area contributed by atoms with Crippen molar-refractivity contribution in [3.05, 3.63) is 51.7 Å². The number of thiazole rings is 1. The van der Waals surface area contributed by atoms with Crippen molar-refractivity contribution in [2.24, 2.45) is 0 Å². The maximum Gasteiger partial charge on any atom is 0.416 e. The Morgan fingerprint density at radius 2 is 2.10 bits per heavy atom. The molecule has 1 aromatic carbocycles. The third-order valence-corrected chi connectivity index (χ3v) is 3.96. The summed E-state index contributed by atoms with van der Waals surface area (Å²) in [5.74, 6) is -0.891. The van der Waals surface area contributed by atoms with Gasteiger partial charge in [-0.1, -0.05) is 13.0 Å². The van der Waals surface area contributed by atoms with E-state index in [9.17, 15) is 17.6 Å². The molecule has 21 heavy (non-hydrogen) atoms. The minimum Gasteiger partial charge on any atom is -0.304 e. The van der Waals surface area contributed by atoms with E-state index in [-0.39, 0.29) is 18.2 Å². The molecule has 7 heteroatoms. The molecule has 0 saturated heterocycles. The quantitative estimate of drug-likeness (QED) is 0.819. The van der Waals surface area contributed by atoms with E-state index in [1.54, 1.807) is 6.20 Å². The van der Waals surface area contributed by atoms with Gasteiger partial charge in [0.15, 0.2) is 0 Å². The molecule has 0 aliphatic heterocycles. The highest BCUT2D eigenvalue weighted by Gasteiger charge is 2.33. The van der Waals surface area contributed by atoms with E-state index >= 15 is 0 Å². The molecule has 1 atom stereocenters. The first-order valence-electron chi connectivity index (χ1n) is 6.40. The van der Waals surface area contributed by atoms with Crippen LogP contribution in [-0.4, -0.2) is 4.98 Å². The summed E-state index contributed by atoms with van der Waals surface area (Å²) in [7, 11) is 0. The SMILES string of the molecule is CCC(NCc1ccc(F)cc1C(F)(F)F)c1nccs1. The van der Waals surface area contributed by atoms with Crippen LogP contribution in [0.25, 0.3) is 0 Å². The van der Waals surface area contributed by atoms with Gasteiger partial charge in [0.05, 0.1) is 11.6 Å². The van der Waals surface area contributed by atoms with Crippen LogP contribution < -0.4 is 5.32 Å². The van der Waals surface area contributed by atoms with Crippen molar-refractivity contribution in [2.75, 3.05) is 0 Å². The summed E-state index contributed by atoms with van der Waals surface area (Å²) in [5, 5.41) is 5.69. The molecule has 2 rings (SSSR count). The van der Waals surface area contributed by atoms with Crippen molar-refractivity contribution in [3.63, 3.8) is 0 Å². The van der Waals surface area contributed by atoms with Gasteiger partial charge in [0.2, 0.25) is 0 Å². The first-order chi connectivity index (χ1) is 9.91. The Hall–Kier alpha value is -1.47. The van der Waals surface area contributed by atoms with Gasteiger partial charge in [-0.3, -0.25) is 0 Å². The zero-order valence-electron chi connectivity index (χ0n) is 11.2. The number of alkyl halides is 3. The highest BCUT2D eigenvalue weighted by molar-refractivity contribution is 7.09. The Morgan fingerprint density at radius 1 is 1.33 bits per heavy atom. The lowest BCUT2D eigenvalue weighted by atomic mass is 10.1. The monoisotopic (exact) mass is 318 g/mol. The Bertz CT molecular complexity index is 581. The van der Waals surface area contributed by atoms with Gasteiger partial charge < -0.3 is 5.32 Å². The molecule has 1 unspecified atom stereocenters. The summed E-state index contributed by atoms with van der Waals surface area (Å²) >= 11 is 1.45. The fourth-order valence-corrected chi connectivity index (χ4v) is 2.81. The predicted octanol–water partition coefficient (Wildman–Crippen LogP) is 4.54. The molecule has 114 valence electrons. The molecule has 0 spiro atoms. The van der Waals surface area contributed by atoms with Crippen molar-refractivity contribution in [1.29, 1.82) is 0 Å². The van der Waals surface area contributed by atoms with Crippen LogP contribution in [0.2, 0.25) is 0 Å². The molecule has 0 bridgehead atoms. The van der Waals surface area contributed by atoms with Gasteiger partial charge in [0.1, 0.15) is 10.8 Å². The molecule has 1 N–H and O–H groups in total. The summed E-state index contributed by atoms with van der Waals surface area (Å²) < 4.78 is 51.7. The molecule has 2 aromatic rings. The van der Waals surface area contributed by atoms with Crippen LogP contribution in [0.1, 0.15) is 35.5 Å². The summed E-state index contributed by atoms with van der Waals surface area (Å²) in [6.45, 7) is 1.93. The molecule has 0 amide bonds. The number of hydrogen-bond acceptors (Lipinski definition) is 3. The second kappa shape index (κ2) is 6.53. The largest absolute Gasteiger partial charge is 0.416 e. The van der Waals surface area contributed by atoms with Crippen LogP contribution >= 0.6 is 11.3 Å². The van der Waals surface area contributed by atoms with Crippen LogP contribution in [0.15, 0.2) is 29.8 Å². The van der Waals surface area contributed by atoms with Crippen molar-refractivity contribution in [3.8, 4) is 0 Å². The Morgan fingerprint density at radius 3 is 2.67 bits per heavy atom. The minimum atomic E-state index is -4.57. The zero-order valence-corrected chi connectivity index (χ0v) is 12.1. The molecule has 0 aliphatic carbocycles. The normalized spacial score (nSPS) is 13.4. The third kappa shape index (κ3) is 4.01. The average molecular weight is 318 g/mol. The van der Waals surface area contributed by atoms with Crippen molar-refractivity contribution >= 4 is 11.3 Å². The van der Waals surface area contributed by atoms with Crippen molar-refractivity contribution < 1.29 is 17.6 Å². The number of nitrogens with one attached hydrogen (secondary N) is 1. The van der Waals surface area contributed by atoms with Gasteiger partial charge in [-0.25, -0.2) is 9.37 Å². The van der Waals surface area contributed by atoms with Crippen molar-refractivity contribution in [1.82, 2.24) is 10.3 Å². The molecular weight excluding hydrogens is 304 g/mol. The first kappa shape index (κ1) is 15.9. The fourth-order valence-electron chi connectivity index (χ4n) is 2.01. The maximum atomic E-state index is 13.0. The number of halogens is 4. The van der Waals surface area contributed by atoms with E-state index < -0.39 is 17.6 Å². The Labute approximate surface area is 123 Å². The van der Waals surface area contributed by atoms with E-state index in [2.05, 4.69) is 10.3 Å². The molecular formula is C14H14F4N2S. The van der Waals surface area contributed by atoms with Gasteiger partial charge in [-0.15, -0.1) is 11.3 Å². The molecule has 0 aliphatic rings. The molecule has 1 heterocycles. The second-order valence-corrected chi connectivity index (χ2v) is 5.44.